The third-order valence-electron chi connectivity index (χ3n) is 2.89. The summed E-state index contributed by atoms with van der Waals surface area (Å²) in [6, 6.07) is 7.88. The lowest BCUT2D eigenvalue weighted by Gasteiger charge is -2.01. The van der Waals surface area contributed by atoms with Crippen LogP contribution in [0.1, 0.15) is 11.4 Å². The molecule has 1 aromatic carbocycles. The monoisotopic (exact) mass is 307 g/mol. The van der Waals surface area contributed by atoms with E-state index >= 15 is 0 Å². The van der Waals surface area contributed by atoms with Gasteiger partial charge in [-0.1, -0.05) is 23.9 Å². The lowest BCUT2D eigenvalue weighted by molar-refractivity contribution is -0.133. The molecule has 0 aliphatic rings. The maximum absolute atomic E-state index is 10.6. The molecule has 0 unspecified atom stereocenters. The first-order chi connectivity index (χ1) is 10.1. The maximum Gasteiger partial charge on any atom is 0.313 e. The molecule has 0 saturated heterocycles. The Morgan fingerprint density at radius 1 is 1.33 bits per heavy atom. The van der Waals surface area contributed by atoms with Gasteiger partial charge >= 0.3 is 5.97 Å². The lowest BCUT2D eigenvalue weighted by atomic mass is 10.1. The summed E-state index contributed by atoms with van der Waals surface area (Å²) in [5.41, 5.74) is 1.18. The summed E-state index contributed by atoms with van der Waals surface area (Å²) in [7, 11) is 3.41. The summed E-state index contributed by atoms with van der Waals surface area (Å²) in [4.78, 5) is 14.9. The van der Waals surface area contributed by atoms with Crippen LogP contribution in [0, 0.1) is 0 Å². The summed E-state index contributed by atoms with van der Waals surface area (Å²) < 4.78 is 6.74. The van der Waals surface area contributed by atoms with E-state index in [1.54, 1.807) is 18.8 Å². The van der Waals surface area contributed by atoms with Crippen LogP contribution in [0.25, 0.3) is 0 Å². The predicted molar refractivity (Wildman–Crippen MR) is 79.8 cm³/mol. The van der Waals surface area contributed by atoms with Crippen LogP contribution in [0.5, 0.6) is 5.75 Å². The minimum absolute atomic E-state index is 0.00947. The van der Waals surface area contributed by atoms with Crippen molar-refractivity contribution in [3.63, 3.8) is 0 Å². The van der Waals surface area contributed by atoms with Gasteiger partial charge in [0.15, 0.2) is 11.0 Å². The van der Waals surface area contributed by atoms with E-state index in [9.17, 15) is 4.79 Å². The summed E-state index contributed by atoms with van der Waals surface area (Å²) in [5, 5.41) is 13.6. The molecule has 2 aromatic rings. The molecule has 0 radical (unpaired) electrons. The van der Waals surface area contributed by atoms with Gasteiger partial charge in [-0.05, 0) is 24.1 Å². The number of aryl methyl sites for hydroxylation is 3. The molecule has 6 nitrogen and oxygen atoms in total. The molecule has 0 aliphatic heterocycles. The smallest absolute Gasteiger partial charge is 0.313 e. The fraction of sp³-hybridized carbons (Fsp3) is 0.357. The maximum atomic E-state index is 10.6. The molecule has 0 bridgehead atoms. The minimum Gasteiger partial charge on any atom is -0.497 e. The van der Waals surface area contributed by atoms with Crippen LogP contribution in [0.2, 0.25) is 0 Å². The van der Waals surface area contributed by atoms with Crippen molar-refractivity contribution in [3.05, 3.63) is 35.7 Å². The van der Waals surface area contributed by atoms with Crippen LogP contribution in [-0.2, 0) is 24.7 Å². The first-order valence-corrected chi connectivity index (χ1v) is 7.44. The van der Waals surface area contributed by atoms with Crippen LogP contribution in [0.4, 0.5) is 0 Å². The molecule has 0 saturated carbocycles. The van der Waals surface area contributed by atoms with E-state index in [0.29, 0.717) is 11.6 Å². The number of carboxylic acid groups (broad SMARTS) is 1. The van der Waals surface area contributed by atoms with Gasteiger partial charge in [-0.25, -0.2) is 9.67 Å². The van der Waals surface area contributed by atoms with Crippen LogP contribution in [0.15, 0.2) is 29.4 Å². The molecular formula is C14H17N3O3S. The highest BCUT2D eigenvalue weighted by atomic mass is 32.2. The van der Waals surface area contributed by atoms with Crippen molar-refractivity contribution in [1.82, 2.24) is 14.8 Å². The third-order valence-corrected chi connectivity index (χ3v) is 3.89. The van der Waals surface area contributed by atoms with Crippen molar-refractivity contribution in [2.75, 3.05) is 12.9 Å². The van der Waals surface area contributed by atoms with E-state index in [4.69, 9.17) is 9.84 Å². The Hall–Kier alpha value is -2.02. The second kappa shape index (κ2) is 7.12. The van der Waals surface area contributed by atoms with Gasteiger partial charge in [0.05, 0.1) is 12.9 Å². The molecule has 7 heteroatoms. The quantitative estimate of drug-likeness (QED) is 0.786. The highest BCUT2D eigenvalue weighted by molar-refractivity contribution is 7.99. The Kier molecular flexibility index (Phi) is 5.21. The molecule has 112 valence electrons. The van der Waals surface area contributed by atoms with Crippen molar-refractivity contribution in [3.8, 4) is 5.75 Å². The average Bonchev–Trinajstić information content (AvgIpc) is 2.84. The average molecular weight is 307 g/mol. The number of carboxylic acids is 1. The van der Waals surface area contributed by atoms with Gasteiger partial charge in [-0.3, -0.25) is 4.79 Å². The molecular weight excluding hydrogens is 290 g/mol. The van der Waals surface area contributed by atoms with Crippen LogP contribution in [-0.4, -0.2) is 38.7 Å². The number of thioether (sulfide) groups is 1. The molecule has 0 fully saturated rings. The second-order valence-corrected chi connectivity index (χ2v) is 5.41. The van der Waals surface area contributed by atoms with Gasteiger partial charge in [0, 0.05) is 13.5 Å². The van der Waals surface area contributed by atoms with Crippen molar-refractivity contribution < 1.29 is 14.6 Å². The van der Waals surface area contributed by atoms with Crippen molar-refractivity contribution >= 4 is 17.7 Å². The SMILES string of the molecule is COc1ccc(CCc2nc(SCC(=O)O)n(C)n2)cc1. The number of rotatable bonds is 7. The Balaban J connectivity index is 1.93. The number of methoxy groups -OCH3 is 1. The zero-order valence-corrected chi connectivity index (χ0v) is 12.8. The first-order valence-electron chi connectivity index (χ1n) is 6.46. The number of carbonyl (C=O) groups is 1. The van der Waals surface area contributed by atoms with Gasteiger partial charge in [-0.15, -0.1) is 0 Å². The fourth-order valence-corrected chi connectivity index (χ4v) is 2.48. The largest absolute Gasteiger partial charge is 0.497 e. The third kappa shape index (κ3) is 4.49. The van der Waals surface area contributed by atoms with Gasteiger partial charge in [0.25, 0.3) is 0 Å². The molecule has 0 amide bonds. The zero-order chi connectivity index (χ0) is 15.2. The summed E-state index contributed by atoms with van der Waals surface area (Å²) in [6.45, 7) is 0. The topological polar surface area (TPSA) is 77.2 Å². The minimum atomic E-state index is -0.859. The van der Waals surface area contributed by atoms with E-state index < -0.39 is 5.97 Å². The Morgan fingerprint density at radius 3 is 2.67 bits per heavy atom. The summed E-state index contributed by atoms with van der Waals surface area (Å²) in [6.07, 6.45) is 1.55. The van der Waals surface area contributed by atoms with Crippen LogP contribution in [0.3, 0.4) is 0 Å². The summed E-state index contributed by atoms with van der Waals surface area (Å²) >= 11 is 1.18. The van der Waals surface area contributed by atoms with Crippen molar-refractivity contribution in [2.24, 2.45) is 7.05 Å². The van der Waals surface area contributed by atoms with E-state index in [2.05, 4.69) is 10.1 Å². The zero-order valence-electron chi connectivity index (χ0n) is 11.9. The molecule has 1 heterocycles. The van der Waals surface area contributed by atoms with Crippen molar-refractivity contribution in [1.29, 1.82) is 0 Å². The Labute approximate surface area is 127 Å². The normalized spacial score (nSPS) is 10.6. The standard InChI is InChI=1S/C14H17N3O3S/c1-17-14(21-9-13(18)19)15-12(16-17)8-5-10-3-6-11(20-2)7-4-10/h3-4,6-7H,5,8-9H2,1-2H3,(H,18,19). The number of hydrogen-bond donors (Lipinski definition) is 1. The van der Waals surface area contributed by atoms with Gasteiger partial charge < -0.3 is 9.84 Å². The lowest BCUT2D eigenvalue weighted by Crippen LogP contribution is -2.00. The number of nitrogens with zero attached hydrogens (tertiary/aromatic N) is 3. The molecule has 1 N–H and O–H groups in total. The fourth-order valence-electron chi connectivity index (χ4n) is 1.83. The molecule has 0 spiro atoms. The number of aliphatic carboxylic acids is 1. The molecule has 0 atom stereocenters. The number of hydrogen-bond acceptors (Lipinski definition) is 5. The van der Waals surface area contributed by atoms with Gasteiger partial charge in [0.2, 0.25) is 0 Å². The van der Waals surface area contributed by atoms with E-state index in [1.807, 2.05) is 24.3 Å². The van der Waals surface area contributed by atoms with Gasteiger partial charge in [0.1, 0.15) is 5.75 Å². The highest BCUT2D eigenvalue weighted by Crippen LogP contribution is 2.16. The van der Waals surface area contributed by atoms with Crippen LogP contribution < -0.4 is 4.74 Å². The Morgan fingerprint density at radius 2 is 2.05 bits per heavy atom. The van der Waals surface area contributed by atoms with E-state index in [1.165, 1.54) is 17.3 Å². The molecule has 21 heavy (non-hydrogen) atoms. The number of benzene rings is 1. The predicted octanol–water partition coefficient (Wildman–Crippen LogP) is 1.79. The second-order valence-electron chi connectivity index (χ2n) is 4.46. The first kappa shape index (κ1) is 15.4. The number of aromatic nitrogens is 3. The number of ether oxygens (including phenoxy) is 1. The van der Waals surface area contributed by atoms with E-state index in [-0.39, 0.29) is 5.75 Å². The molecule has 1 aromatic heterocycles. The van der Waals surface area contributed by atoms with Gasteiger partial charge in [-0.2, -0.15) is 5.10 Å². The van der Waals surface area contributed by atoms with Crippen LogP contribution >= 0.6 is 11.8 Å². The molecule has 2 rings (SSSR count). The van der Waals surface area contributed by atoms with E-state index in [0.717, 1.165) is 18.0 Å². The molecule has 0 aliphatic carbocycles. The van der Waals surface area contributed by atoms with Crippen molar-refractivity contribution in [2.45, 2.75) is 18.0 Å². The Bertz CT molecular complexity index is 610. The summed E-state index contributed by atoms with van der Waals surface area (Å²) in [5.74, 6) is 0.691. The highest BCUT2D eigenvalue weighted by Gasteiger charge is 2.09.